The van der Waals surface area contributed by atoms with Gasteiger partial charge in [-0.25, -0.2) is 0 Å². The highest BCUT2D eigenvalue weighted by atomic mass is 14.7. The molecule has 0 spiro atoms. The lowest BCUT2D eigenvalue weighted by Gasteiger charge is -2.27. The van der Waals surface area contributed by atoms with Crippen LogP contribution < -0.4 is 5.73 Å². The largest absolute Gasteiger partial charge is 0.327 e. The van der Waals surface area contributed by atoms with Crippen LogP contribution in [0.15, 0.2) is 0 Å². The second-order valence-corrected chi connectivity index (χ2v) is 5.50. The van der Waals surface area contributed by atoms with E-state index in [2.05, 4.69) is 27.7 Å². The Hall–Kier alpha value is -0.0400. The van der Waals surface area contributed by atoms with E-state index in [0.29, 0.717) is 11.5 Å². The van der Waals surface area contributed by atoms with Crippen molar-refractivity contribution in [2.24, 2.45) is 23.0 Å². The first-order valence-corrected chi connectivity index (χ1v) is 5.17. The number of hydrogen-bond acceptors (Lipinski definition) is 1. The Labute approximate surface area is 76.7 Å². The van der Waals surface area contributed by atoms with Crippen molar-refractivity contribution in [3.63, 3.8) is 0 Å². The molecule has 3 unspecified atom stereocenters. The van der Waals surface area contributed by atoms with Gasteiger partial charge in [0.2, 0.25) is 0 Å². The topological polar surface area (TPSA) is 26.0 Å². The second kappa shape index (κ2) is 3.37. The van der Waals surface area contributed by atoms with E-state index in [0.717, 1.165) is 11.8 Å². The van der Waals surface area contributed by atoms with E-state index >= 15 is 0 Å². The molecule has 1 aliphatic carbocycles. The second-order valence-electron chi connectivity index (χ2n) is 5.50. The van der Waals surface area contributed by atoms with E-state index in [1.54, 1.807) is 0 Å². The molecule has 1 rings (SSSR count). The van der Waals surface area contributed by atoms with E-state index in [-0.39, 0.29) is 0 Å². The Balaban J connectivity index is 2.14. The first-order valence-electron chi connectivity index (χ1n) is 5.17. The van der Waals surface area contributed by atoms with Crippen molar-refractivity contribution in [2.75, 3.05) is 0 Å². The van der Waals surface area contributed by atoms with Crippen LogP contribution in [-0.2, 0) is 0 Å². The Morgan fingerprint density at radius 2 is 1.92 bits per heavy atom. The Kier molecular flexibility index (Phi) is 2.82. The molecule has 0 amide bonds. The molecular formula is C11H23N. The van der Waals surface area contributed by atoms with Gasteiger partial charge >= 0.3 is 0 Å². The maximum absolute atomic E-state index is 5.76. The fraction of sp³-hybridized carbons (Fsp3) is 1.00. The van der Waals surface area contributed by atoms with Gasteiger partial charge in [-0.15, -0.1) is 0 Å². The summed E-state index contributed by atoms with van der Waals surface area (Å²) in [5, 5.41) is 0. The summed E-state index contributed by atoms with van der Waals surface area (Å²) in [7, 11) is 0. The molecule has 0 aromatic rings. The molecular weight excluding hydrogens is 146 g/mol. The average molecular weight is 169 g/mol. The summed E-state index contributed by atoms with van der Waals surface area (Å²) < 4.78 is 0. The van der Waals surface area contributed by atoms with E-state index in [4.69, 9.17) is 5.73 Å². The maximum atomic E-state index is 5.76. The van der Waals surface area contributed by atoms with Crippen molar-refractivity contribution in [3.8, 4) is 0 Å². The van der Waals surface area contributed by atoms with Gasteiger partial charge in [0.15, 0.2) is 0 Å². The maximum Gasteiger partial charge on any atom is 0.00709 e. The molecule has 0 aliphatic heterocycles. The molecule has 1 aliphatic rings. The predicted octanol–water partition coefficient (Wildman–Crippen LogP) is 2.80. The number of nitrogens with two attached hydrogens (primary N) is 1. The van der Waals surface area contributed by atoms with Crippen molar-refractivity contribution in [3.05, 3.63) is 0 Å². The minimum atomic E-state index is 0.471. The molecule has 2 N–H and O–H groups in total. The summed E-state index contributed by atoms with van der Waals surface area (Å²) in [6, 6.07) is 0.539. The Bertz CT molecular complexity index is 146. The van der Waals surface area contributed by atoms with Gasteiger partial charge in [-0.1, -0.05) is 27.7 Å². The minimum Gasteiger partial charge on any atom is -0.327 e. The monoisotopic (exact) mass is 169 g/mol. The molecule has 1 heteroatoms. The SMILES string of the molecule is CC(CCC1CC1N)C(C)(C)C. The third-order valence-electron chi connectivity index (χ3n) is 3.43. The first kappa shape index (κ1) is 10.0. The molecule has 0 bridgehead atoms. The van der Waals surface area contributed by atoms with Crippen LogP contribution in [0.4, 0.5) is 0 Å². The van der Waals surface area contributed by atoms with Crippen molar-refractivity contribution in [1.82, 2.24) is 0 Å². The third kappa shape index (κ3) is 2.78. The molecule has 0 saturated heterocycles. The highest BCUT2D eigenvalue weighted by Crippen LogP contribution is 2.37. The van der Waals surface area contributed by atoms with E-state index in [1.165, 1.54) is 19.3 Å². The lowest BCUT2D eigenvalue weighted by molar-refractivity contribution is 0.239. The molecule has 1 nitrogen and oxygen atoms in total. The summed E-state index contributed by atoms with van der Waals surface area (Å²) >= 11 is 0. The van der Waals surface area contributed by atoms with Crippen LogP contribution >= 0.6 is 0 Å². The molecule has 1 saturated carbocycles. The van der Waals surface area contributed by atoms with E-state index < -0.39 is 0 Å². The van der Waals surface area contributed by atoms with Crippen LogP contribution in [0.1, 0.15) is 47.0 Å². The zero-order valence-electron chi connectivity index (χ0n) is 8.93. The van der Waals surface area contributed by atoms with Crippen LogP contribution in [0.3, 0.4) is 0 Å². The quantitative estimate of drug-likeness (QED) is 0.690. The fourth-order valence-electron chi connectivity index (χ4n) is 1.50. The first-order chi connectivity index (χ1) is 5.41. The summed E-state index contributed by atoms with van der Waals surface area (Å²) in [5.74, 6) is 1.68. The molecule has 0 aromatic heterocycles. The minimum absolute atomic E-state index is 0.471. The Morgan fingerprint density at radius 3 is 2.25 bits per heavy atom. The van der Waals surface area contributed by atoms with Crippen LogP contribution in [0.5, 0.6) is 0 Å². The summed E-state index contributed by atoms with van der Waals surface area (Å²) in [5.41, 5.74) is 6.23. The normalized spacial score (nSPS) is 31.8. The van der Waals surface area contributed by atoms with Gasteiger partial charge in [0.05, 0.1) is 0 Å². The molecule has 12 heavy (non-hydrogen) atoms. The zero-order chi connectivity index (χ0) is 9.35. The molecule has 3 atom stereocenters. The molecule has 0 heterocycles. The van der Waals surface area contributed by atoms with Crippen molar-refractivity contribution in [1.29, 1.82) is 0 Å². The molecule has 0 aromatic carbocycles. The summed E-state index contributed by atoms with van der Waals surface area (Å²) in [6.07, 6.45) is 3.97. The smallest absolute Gasteiger partial charge is 0.00709 e. The average Bonchev–Trinajstić information content (AvgIpc) is 2.59. The lowest BCUT2D eigenvalue weighted by atomic mass is 9.79. The zero-order valence-corrected chi connectivity index (χ0v) is 8.93. The highest BCUT2D eigenvalue weighted by molar-refractivity contribution is 4.90. The molecule has 0 radical (unpaired) electrons. The predicted molar refractivity (Wildman–Crippen MR) is 53.9 cm³/mol. The Morgan fingerprint density at radius 1 is 1.42 bits per heavy atom. The highest BCUT2D eigenvalue weighted by Gasteiger charge is 2.33. The van der Waals surface area contributed by atoms with Gasteiger partial charge < -0.3 is 5.73 Å². The number of hydrogen-bond donors (Lipinski definition) is 1. The van der Waals surface area contributed by atoms with E-state index in [9.17, 15) is 0 Å². The molecule has 72 valence electrons. The van der Waals surface area contributed by atoms with Gasteiger partial charge in [0.1, 0.15) is 0 Å². The van der Waals surface area contributed by atoms with E-state index in [1.807, 2.05) is 0 Å². The van der Waals surface area contributed by atoms with Gasteiger partial charge in [0, 0.05) is 6.04 Å². The van der Waals surface area contributed by atoms with Gasteiger partial charge in [0.25, 0.3) is 0 Å². The summed E-state index contributed by atoms with van der Waals surface area (Å²) in [6.45, 7) is 9.33. The van der Waals surface area contributed by atoms with Crippen LogP contribution in [-0.4, -0.2) is 6.04 Å². The van der Waals surface area contributed by atoms with Gasteiger partial charge in [-0.2, -0.15) is 0 Å². The number of rotatable bonds is 3. The summed E-state index contributed by atoms with van der Waals surface area (Å²) in [4.78, 5) is 0. The van der Waals surface area contributed by atoms with Crippen molar-refractivity contribution in [2.45, 2.75) is 53.0 Å². The van der Waals surface area contributed by atoms with Crippen LogP contribution in [0.25, 0.3) is 0 Å². The van der Waals surface area contributed by atoms with Crippen molar-refractivity contribution < 1.29 is 0 Å². The van der Waals surface area contributed by atoms with Crippen LogP contribution in [0, 0.1) is 17.3 Å². The fourth-order valence-corrected chi connectivity index (χ4v) is 1.50. The third-order valence-corrected chi connectivity index (χ3v) is 3.43. The van der Waals surface area contributed by atoms with Gasteiger partial charge in [-0.3, -0.25) is 0 Å². The van der Waals surface area contributed by atoms with Crippen LogP contribution in [0.2, 0.25) is 0 Å². The lowest BCUT2D eigenvalue weighted by Crippen LogP contribution is -2.17. The van der Waals surface area contributed by atoms with Gasteiger partial charge in [-0.05, 0) is 36.5 Å². The standard InChI is InChI=1S/C11H23N/c1-8(11(2,3)4)5-6-9-7-10(9)12/h8-10H,5-7,12H2,1-4H3. The molecule has 1 fully saturated rings. The van der Waals surface area contributed by atoms with Crippen molar-refractivity contribution >= 4 is 0 Å².